The summed E-state index contributed by atoms with van der Waals surface area (Å²) in [5, 5.41) is 20.0. The van der Waals surface area contributed by atoms with Gasteiger partial charge in [0.25, 0.3) is 11.8 Å². The third-order valence-electron chi connectivity index (χ3n) is 6.97. The first kappa shape index (κ1) is 26.6. The van der Waals surface area contributed by atoms with Crippen molar-refractivity contribution in [1.82, 2.24) is 24.8 Å². The summed E-state index contributed by atoms with van der Waals surface area (Å²) in [5.41, 5.74) is 7.89. The number of hydrogen-bond donors (Lipinski definition) is 3. The second-order valence-electron chi connectivity index (χ2n) is 10.0. The monoisotopic (exact) mass is 516 g/mol. The van der Waals surface area contributed by atoms with Crippen LogP contribution < -0.4 is 16.4 Å². The smallest absolute Gasteiger partial charge is 0.269 e. The Morgan fingerprint density at radius 2 is 1.95 bits per heavy atom. The molecule has 3 aromatic heterocycles. The molecule has 0 saturated carbocycles. The molecule has 1 aliphatic heterocycles. The predicted molar refractivity (Wildman–Crippen MR) is 142 cm³/mol. The van der Waals surface area contributed by atoms with E-state index < -0.39 is 11.3 Å². The van der Waals surface area contributed by atoms with Crippen molar-refractivity contribution in [3.8, 4) is 17.2 Å². The molecule has 1 fully saturated rings. The van der Waals surface area contributed by atoms with E-state index in [-0.39, 0.29) is 29.3 Å². The quantitative estimate of drug-likeness (QED) is 0.415. The van der Waals surface area contributed by atoms with Crippen LogP contribution in [0.1, 0.15) is 55.0 Å². The number of aromatic nitrogens is 3. The van der Waals surface area contributed by atoms with E-state index >= 15 is 0 Å². The van der Waals surface area contributed by atoms with E-state index in [4.69, 9.17) is 5.73 Å². The highest BCUT2D eigenvalue weighted by Crippen LogP contribution is 2.32. The number of anilines is 1. The number of amides is 3. The number of likely N-dealkylation sites (tertiary alicyclic amines) is 1. The number of carbonyl (C=O) groups is 3. The highest BCUT2D eigenvalue weighted by molar-refractivity contribution is 6.02. The maximum atomic E-state index is 13.0. The van der Waals surface area contributed by atoms with Gasteiger partial charge in [0.05, 0.1) is 29.0 Å². The zero-order chi connectivity index (χ0) is 27.6. The molecule has 4 rings (SSSR count). The number of fused-ring (bicyclic) bond motifs is 1. The third-order valence-corrected chi connectivity index (χ3v) is 6.97. The Bertz CT molecular complexity index is 1420. The van der Waals surface area contributed by atoms with Gasteiger partial charge in [-0.05, 0) is 45.2 Å². The SMILES string of the molecule is CCNC(=O)c1ccc(-c2cc3c(N[C@@H]4CN(C(=O)C(C)(C)C#N)C[C@@H]4CC)c(C(N)=O)cnn3c2)cn1. The molecule has 1 aliphatic rings. The maximum absolute atomic E-state index is 13.0. The second kappa shape index (κ2) is 10.5. The van der Waals surface area contributed by atoms with E-state index in [1.165, 1.54) is 6.20 Å². The summed E-state index contributed by atoms with van der Waals surface area (Å²) in [6.07, 6.45) is 5.66. The fourth-order valence-electron chi connectivity index (χ4n) is 4.75. The van der Waals surface area contributed by atoms with Crippen LogP contribution in [0.25, 0.3) is 16.6 Å². The van der Waals surface area contributed by atoms with Crippen molar-refractivity contribution in [2.75, 3.05) is 25.0 Å². The zero-order valence-electron chi connectivity index (χ0n) is 22.0. The van der Waals surface area contributed by atoms with Gasteiger partial charge in [-0.25, -0.2) is 4.52 Å². The minimum atomic E-state index is -1.12. The molecule has 2 atom stereocenters. The standard InChI is InChI=1S/C27H32N8O3/c1-5-16-12-34(26(38)27(3,4)15-28)14-21(16)33-23-19(24(29)36)11-32-35-13-18(9-22(23)35)17-7-8-20(31-10-17)25(37)30-6-2/h7-11,13,16,21,33H,5-6,12,14H2,1-4H3,(H2,29,36)(H,30,37)/t16-,21+/m0/s1. The molecule has 0 aromatic carbocycles. The van der Waals surface area contributed by atoms with Gasteiger partial charge in [0, 0.05) is 49.2 Å². The molecule has 11 nitrogen and oxygen atoms in total. The molecule has 4 heterocycles. The fraction of sp³-hybridized carbons (Fsp3) is 0.407. The van der Waals surface area contributed by atoms with Crippen LogP contribution in [0.3, 0.4) is 0 Å². The Hall–Kier alpha value is -4.46. The van der Waals surface area contributed by atoms with E-state index in [9.17, 15) is 19.6 Å². The lowest BCUT2D eigenvalue weighted by Gasteiger charge is -2.24. The minimum Gasteiger partial charge on any atom is -0.378 e. The molecule has 3 aromatic rings. The van der Waals surface area contributed by atoms with E-state index in [2.05, 4.69) is 26.8 Å². The van der Waals surface area contributed by atoms with Gasteiger partial charge in [-0.2, -0.15) is 10.4 Å². The van der Waals surface area contributed by atoms with E-state index in [1.54, 1.807) is 41.6 Å². The number of primary amides is 1. The lowest BCUT2D eigenvalue weighted by Crippen LogP contribution is -2.40. The van der Waals surface area contributed by atoms with E-state index in [0.29, 0.717) is 36.5 Å². The van der Waals surface area contributed by atoms with Gasteiger partial charge in [-0.3, -0.25) is 19.4 Å². The second-order valence-corrected chi connectivity index (χ2v) is 10.0. The Labute approximate surface area is 221 Å². The first-order valence-electron chi connectivity index (χ1n) is 12.6. The van der Waals surface area contributed by atoms with Crippen molar-refractivity contribution >= 4 is 28.9 Å². The normalized spacial score (nSPS) is 17.3. The average Bonchev–Trinajstić information content (AvgIpc) is 3.53. The first-order chi connectivity index (χ1) is 18.1. The molecule has 38 heavy (non-hydrogen) atoms. The number of pyridine rings is 1. The Morgan fingerprint density at radius 3 is 2.55 bits per heavy atom. The van der Waals surface area contributed by atoms with Crippen molar-refractivity contribution in [3.63, 3.8) is 0 Å². The molecular weight excluding hydrogens is 484 g/mol. The largest absolute Gasteiger partial charge is 0.378 e. The summed E-state index contributed by atoms with van der Waals surface area (Å²) in [5.74, 6) is -0.968. The Balaban J connectivity index is 1.68. The molecule has 198 valence electrons. The van der Waals surface area contributed by atoms with Gasteiger partial charge < -0.3 is 21.3 Å². The number of carbonyl (C=O) groups excluding carboxylic acids is 3. The molecule has 0 aliphatic carbocycles. The van der Waals surface area contributed by atoms with Crippen molar-refractivity contribution in [2.45, 2.75) is 40.2 Å². The van der Waals surface area contributed by atoms with E-state index in [1.807, 2.05) is 26.1 Å². The van der Waals surface area contributed by atoms with Gasteiger partial charge >= 0.3 is 0 Å². The molecule has 0 bridgehead atoms. The molecule has 4 N–H and O–H groups in total. The molecule has 0 radical (unpaired) electrons. The van der Waals surface area contributed by atoms with Gasteiger partial charge in [0.2, 0.25) is 5.91 Å². The summed E-state index contributed by atoms with van der Waals surface area (Å²) >= 11 is 0. The van der Waals surface area contributed by atoms with Crippen molar-refractivity contribution in [3.05, 3.63) is 48.0 Å². The van der Waals surface area contributed by atoms with Crippen LogP contribution >= 0.6 is 0 Å². The number of rotatable bonds is 8. The van der Waals surface area contributed by atoms with Crippen LogP contribution in [0.4, 0.5) is 5.69 Å². The number of nitrogens with one attached hydrogen (secondary N) is 2. The summed E-state index contributed by atoms with van der Waals surface area (Å²) in [4.78, 5) is 43.4. The van der Waals surface area contributed by atoms with Crippen LogP contribution in [-0.2, 0) is 4.79 Å². The first-order valence-corrected chi connectivity index (χ1v) is 12.6. The van der Waals surface area contributed by atoms with Gasteiger partial charge in [0.15, 0.2) is 0 Å². The van der Waals surface area contributed by atoms with Gasteiger partial charge in [-0.15, -0.1) is 0 Å². The highest BCUT2D eigenvalue weighted by atomic mass is 16.2. The number of nitrogens with two attached hydrogens (primary N) is 1. The summed E-state index contributed by atoms with van der Waals surface area (Å²) in [7, 11) is 0. The third kappa shape index (κ3) is 5.02. The van der Waals surface area contributed by atoms with Gasteiger partial charge in [0.1, 0.15) is 11.1 Å². The van der Waals surface area contributed by atoms with Crippen molar-refractivity contribution in [1.29, 1.82) is 5.26 Å². The highest BCUT2D eigenvalue weighted by Gasteiger charge is 2.40. The van der Waals surface area contributed by atoms with Crippen LogP contribution in [0.15, 0.2) is 36.8 Å². The predicted octanol–water partition coefficient (Wildman–Crippen LogP) is 2.44. The van der Waals surface area contributed by atoms with E-state index in [0.717, 1.165) is 17.5 Å². The molecule has 11 heteroatoms. The van der Waals surface area contributed by atoms with Crippen LogP contribution in [0, 0.1) is 22.7 Å². The Kier molecular flexibility index (Phi) is 7.35. The number of nitrogens with zero attached hydrogens (tertiary/aromatic N) is 5. The summed E-state index contributed by atoms with van der Waals surface area (Å²) in [6, 6.07) is 7.27. The number of nitriles is 1. The topological polar surface area (TPSA) is 159 Å². The summed E-state index contributed by atoms with van der Waals surface area (Å²) < 4.78 is 1.65. The molecule has 0 spiro atoms. The molecule has 0 unspecified atom stereocenters. The fourth-order valence-corrected chi connectivity index (χ4v) is 4.75. The maximum Gasteiger partial charge on any atom is 0.269 e. The molecule has 1 saturated heterocycles. The van der Waals surface area contributed by atoms with Crippen LogP contribution in [0.2, 0.25) is 0 Å². The van der Waals surface area contributed by atoms with Gasteiger partial charge in [-0.1, -0.05) is 13.0 Å². The number of hydrogen-bond acceptors (Lipinski definition) is 7. The minimum absolute atomic E-state index is 0.114. The van der Waals surface area contributed by atoms with Crippen molar-refractivity contribution < 1.29 is 14.4 Å². The van der Waals surface area contributed by atoms with Crippen LogP contribution in [-0.4, -0.2) is 62.9 Å². The molecule has 3 amide bonds. The lowest BCUT2D eigenvalue weighted by atomic mass is 9.94. The zero-order valence-corrected chi connectivity index (χ0v) is 22.0. The molecular formula is C27H32N8O3. The summed E-state index contributed by atoms with van der Waals surface area (Å²) in [6.45, 7) is 8.55. The van der Waals surface area contributed by atoms with Crippen molar-refractivity contribution in [2.24, 2.45) is 17.1 Å². The Morgan fingerprint density at radius 1 is 1.18 bits per heavy atom. The van der Waals surface area contributed by atoms with Crippen LogP contribution in [0.5, 0.6) is 0 Å². The average molecular weight is 517 g/mol. The lowest BCUT2D eigenvalue weighted by molar-refractivity contribution is -0.136.